The van der Waals surface area contributed by atoms with Crippen molar-refractivity contribution in [2.24, 2.45) is 0 Å². The van der Waals surface area contributed by atoms with Gasteiger partial charge in [0.25, 0.3) is 0 Å². The molecule has 1 amide bonds. The van der Waals surface area contributed by atoms with Crippen LogP contribution in [-0.4, -0.2) is 42.5 Å². The number of halogens is 2. The Kier molecular flexibility index (Phi) is 4.99. The smallest absolute Gasteiger partial charge is 0.316 e. The minimum atomic E-state index is -0.373. The number of likely N-dealkylation sites (tertiary alicyclic amines) is 1. The monoisotopic (exact) mass is 342 g/mol. The van der Waals surface area contributed by atoms with Gasteiger partial charge in [0.05, 0.1) is 5.69 Å². The first-order valence-electron chi connectivity index (χ1n) is 7.79. The number of carbonyl (C=O) groups is 1. The summed E-state index contributed by atoms with van der Waals surface area (Å²) in [7, 11) is 0. The van der Waals surface area contributed by atoms with Gasteiger partial charge in [-0.15, -0.1) is 0 Å². The van der Waals surface area contributed by atoms with E-state index in [9.17, 15) is 4.79 Å². The number of amides is 1. The Hall–Kier alpha value is -1.13. The van der Waals surface area contributed by atoms with Crippen LogP contribution in [0.25, 0.3) is 0 Å². The first-order chi connectivity index (χ1) is 10.6. The van der Waals surface area contributed by atoms with Gasteiger partial charge in [-0.1, -0.05) is 11.6 Å². The third-order valence-corrected chi connectivity index (χ3v) is 4.83. The highest BCUT2D eigenvalue weighted by Crippen LogP contribution is 2.35. The molecule has 0 aromatic heterocycles. The molecular formula is C16H20Cl2N2O2. The van der Waals surface area contributed by atoms with Gasteiger partial charge in [-0.25, -0.2) is 0 Å². The molecule has 0 saturated carbocycles. The van der Waals surface area contributed by atoms with Crippen molar-refractivity contribution in [3.05, 3.63) is 23.2 Å². The van der Waals surface area contributed by atoms with Gasteiger partial charge in [0, 0.05) is 44.0 Å². The Balaban J connectivity index is 1.68. The van der Waals surface area contributed by atoms with E-state index in [1.54, 1.807) is 4.90 Å². The van der Waals surface area contributed by atoms with Crippen molar-refractivity contribution in [3.8, 4) is 5.75 Å². The number of nitrogens with zero attached hydrogens (tertiary/aromatic N) is 2. The maximum Gasteiger partial charge on any atom is 0.316 e. The Morgan fingerprint density at radius 1 is 1.14 bits per heavy atom. The molecule has 0 bridgehead atoms. The summed E-state index contributed by atoms with van der Waals surface area (Å²) in [5.74, 6) is 0.891. The lowest BCUT2D eigenvalue weighted by molar-refractivity contribution is 0.119. The SMILES string of the molecule is O=C(Cl)N1CCC(Oc2ccc(Cl)cc2N2CCCC2)CC1. The molecule has 0 N–H and O–H groups in total. The molecule has 4 nitrogen and oxygen atoms in total. The van der Waals surface area contributed by atoms with E-state index in [0.29, 0.717) is 13.1 Å². The van der Waals surface area contributed by atoms with Gasteiger partial charge in [-0.3, -0.25) is 4.79 Å². The number of hydrogen-bond acceptors (Lipinski definition) is 3. The zero-order chi connectivity index (χ0) is 15.5. The predicted octanol–water partition coefficient (Wildman–Crippen LogP) is 4.14. The fraction of sp³-hybridized carbons (Fsp3) is 0.562. The lowest BCUT2D eigenvalue weighted by Crippen LogP contribution is -2.39. The Morgan fingerprint density at radius 3 is 2.45 bits per heavy atom. The second-order valence-electron chi connectivity index (χ2n) is 5.86. The molecular weight excluding hydrogens is 323 g/mol. The van der Waals surface area contributed by atoms with E-state index in [-0.39, 0.29) is 11.5 Å². The molecule has 2 aliphatic heterocycles. The van der Waals surface area contributed by atoms with Gasteiger partial charge in [0.2, 0.25) is 0 Å². The Labute approximate surface area is 140 Å². The second kappa shape index (κ2) is 6.97. The minimum absolute atomic E-state index is 0.120. The summed E-state index contributed by atoms with van der Waals surface area (Å²) in [6.45, 7) is 3.41. The summed E-state index contributed by atoms with van der Waals surface area (Å²) >= 11 is 11.7. The first kappa shape index (κ1) is 15.8. The molecule has 0 unspecified atom stereocenters. The summed E-state index contributed by atoms with van der Waals surface area (Å²) in [6, 6.07) is 5.81. The van der Waals surface area contributed by atoms with Crippen molar-refractivity contribution in [3.63, 3.8) is 0 Å². The third-order valence-electron chi connectivity index (χ3n) is 4.35. The minimum Gasteiger partial charge on any atom is -0.488 e. The molecule has 120 valence electrons. The lowest BCUT2D eigenvalue weighted by atomic mass is 10.1. The zero-order valence-electron chi connectivity index (χ0n) is 12.4. The van der Waals surface area contributed by atoms with E-state index in [1.165, 1.54) is 12.8 Å². The van der Waals surface area contributed by atoms with Gasteiger partial charge in [-0.05, 0) is 42.6 Å². The van der Waals surface area contributed by atoms with Crippen molar-refractivity contribution in [2.75, 3.05) is 31.1 Å². The number of benzene rings is 1. The zero-order valence-corrected chi connectivity index (χ0v) is 13.9. The molecule has 1 aromatic carbocycles. The number of piperidine rings is 1. The van der Waals surface area contributed by atoms with E-state index in [0.717, 1.165) is 42.4 Å². The molecule has 0 spiro atoms. The van der Waals surface area contributed by atoms with Crippen LogP contribution < -0.4 is 9.64 Å². The van der Waals surface area contributed by atoms with Crippen LogP contribution in [0.2, 0.25) is 5.02 Å². The molecule has 2 aliphatic rings. The van der Waals surface area contributed by atoms with E-state index < -0.39 is 0 Å². The molecule has 2 saturated heterocycles. The summed E-state index contributed by atoms with van der Waals surface area (Å²) in [6.07, 6.45) is 4.15. The summed E-state index contributed by atoms with van der Waals surface area (Å²) < 4.78 is 6.20. The highest BCUT2D eigenvalue weighted by Gasteiger charge is 2.25. The lowest BCUT2D eigenvalue weighted by Gasteiger charge is -2.32. The largest absolute Gasteiger partial charge is 0.488 e. The van der Waals surface area contributed by atoms with Crippen molar-refractivity contribution in [2.45, 2.75) is 31.8 Å². The maximum atomic E-state index is 11.2. The van der Waals surface area contributed by atoms with Crippen LogP contribution >= 0.6 is 23.2 Å². The summed E-state index contributed by atoms with van der Waals surface area (Å²) in [5, 5.41) is 0.361. The quantitative estimate of drug-likeness (QED) is 0.611. The van der Waals surface area contributed by atoms with Crippen LogP contribution in [0.15, 0.2) is 18.2 Å². The fourth-order valence-corrected chi connectivity index (χ4v) is 3.46. The maximum absolute atomic E-state index is 11.2. The average molecular weight is 343 g/mol. The Bertz CT molecular complexity index is 539. The number of hydrogen-bond donors (Lipinski definition) is 0. The molecule has 0 radical (unpaired) electrons. The third kappa shape index (κ3) is 3.61. The molecule has 22 heavy (non-hydrogen) atoms. The first-order valence-corrected chi connectivity index (χ1v) is 8.54. The fourth-order valence-electron chi connectivity index (χ4n) is 3.12. The van der Waals surface area contributed by atoms with Crippen LogP contribution in [0, 0.1) is 0 Å². The summed E-state index contributed by atoms with van der Waals surface area (Å²) in [5.41, 5.74) is 1.08. The molecule has 3 rings (SSSR count). The predicted molar refractivity (Wildman–Crippen MR) is 89.4 cm³/mol. The van der Waals surface area contributed by atoms with Crippen LogP contribution in [0.3, 0.4) is 0 Å². The number of anilines is 1. The molecule has 6 heteroatoms. The molecule has 2 fully saturated rings. The van der Waals surface area contributed by atoms with Crippen LogP contribution in [0.4, 0.5) is 10.5 Å². The molecule has 2 heterocycles. The topological polar surface area (TPSA) is 32.8 Å². The van der Waals surface area contributed by atoms with E-state index >= 15 is 0 Å². The van der Waals surface area contributed by atoms with E-state index in [4.69, 9.17) is 27.9 Å². The van der Waals surface area contributed by atoms with Crippen LogP contribution in [0.5, 0.6) is 5.75 Å². The normalized spacial score (nSPS) is 19.5. The van der Waals surface area contributed by atoms with Gasteiger partial charge in [-0.2, -0.15) is 0 Å². The highest BCUT2D eigenvalue weighted by molar-refractivity contribution is 6.62. The van der Waals surface area contributed by atoms with Gasteiger partial charge in [0.1, 0.15) is 11.9 Å². The second-order valence-corrected chi connectivity index (χ2v) is 6.62. The van der Waals surface area contributed by atoms with Crippen molar-refractivity contribution in [1.82, 2.24) is 4.90 Å². The van der Waals surface area contributed by atoms with Crippen molar-refractivity contribution in [1.29, 1.82) is 0 Å². The van der Waals surface area contributed by atoms with E-state index in [1.807, 2.05) is 18.2 Å². The average Bonchev–Trinajstić information content (AvgIpc) is 3.04. The molecule has 0 atom stereocenters. The number of rotatable bonds is 3. The van der Waals surface area contributed by atoms with E-state index in [2.05, 4.69) is 4.90 Å². The molecule has 0 aliphatic carbocycles. The van der Waals surface area contributed by atoms with Gasteiger partial charge >= 0.3 is 5.37 Å². The van der Waals surface area contributed by atoms with Gasteiger partial charge < -0.3 is 14.5 Å². The van der Waals surface area contributed by atoms with Gasteiger partial charge in [0.15, 0.2) is 0 Å². The summed E-state index contributed by atoms with van der Waals surface area (Å²) in [4.78, 5) is 15.1. The van der Waals surface area contributed by atoms with Crippen molar-refractivity contribution < 1.29 is 9.53 Å². The van der Waals surface area contributed by atoms with Crippen LogP contribution in [-0.2, 0) is 0 Å². The Morgan fingerprint density at radius 2 is 1.82 bits per heavy atom. The van der Waals surface area contributed by atoms with Crippen molar-refractivity contribution >= 4 is 34.3 Å². The van der Waals surface area contributed by atoms with Crippen LogP contribution in [0.1, 0.15) is 25.7 Å². The number of carbonyl (C=O) groups excluding carboxylic acids is 1. The number of ether oxygens (including phenoxy) is 1. The molecule has 1 aromatic rings. The standard InChI is InChI=1S/C16H20Cl2N2O2/c17-12-3-4-15(14(11-12)19-7-1-2-8-19)22-13-5-9-20(10-6-13)16(18)21/h3-4,11,13H,1-2,5-10H2. The highest BCUT2D eigenvalue weighted by atomic mass is 35.5.